The number of nitrogens with two attached hydrogens (primary N) is 1. The normalized spacial score (nSPS) is 26.9. The van der Waals surface area contributed by atoms with Crippen molar-refractivity contribution in [1.82, 2.24) is 0 Å². The molecule has 0 aliphatic carbocycles. The summed E-state index contributed by atoms with van der Waals surface area (Å²) in [6.07, 6.45) is 0.0351. The van der Waals surface area contributed by atoms with Crippen molar-refractivity contribution in [3.8, 4) is 5.75 Å². The van der Waals surface area contributed by atoms with Crippen LogP contribution in [0.4, 0.5) is 4.39 Å². The highest BCUT2D eigenvalue weighted by atomic mass is 19.1. The van der Waals surface area contributed by atoms with Gasteiger partial charge in [-0.05, 0) is 25.1 Å². The van der Waals surface area contributed by atoms with Crippen LogP contribution in [-0.4, -0.2) is 19.2 Å². The maximum atomic E-state index is 13.2. The molecule has 2 rings (SSSR count). The van der Waals surface area contributed by atoms with Gasteiger partial charge in [-0.15, -0.1) is 0 Å². The van der Waals surface area contributed by atoms with Crippen LogP contribution in [0.25, 0.3) is 0 Å². The summed E-state index contributed by atoms with van der Waals surface area (Å²) in [6.45, 7) is 1.80. The quantitative estimate of drug-likeness (QED) is 0.751. The standard InChI is InChI=1S/C12H14FNO3/c1-7-6-12(14,11(15)16-2)9-5-8(13)3-4-10(9)17-7/h3-5,7H,6,14H2,1-2H3/t7?,12-/m0/s1. The fourth-order valence-corrected chi connectivity index (χ4v) is 2.15. The first-order valence-electron chi connectivity index (χ1n) is 5.31. The minimum atomic E-state index is -1.34. The summed E-state index contributed by atoms with van der Waals surface area (Å²) in [5.41, 5.74) is 5.06. The highest BCUT2D eigenvalue weighted by Gasteiger charge is 2.44. The van der Waals surface area contributed by atoms with Gasteiger partial charge in [0.2, 0.25) is 0 Å². The van der Waals surface area contributed by atoms with Crippen molar-refractivity contribution in [1.29, 1.82) is 0 Å². The van der Waals surface area contributed by atoms with E-state index >= 15 is 0 Å². The van der Waals surface area contributed by atoms with E-state index in [4.69, 9.17) is 15.2 Å². The molecule has 0 radical (unpaired) electrons. The van der Waals surface area contributed by atoms with Gasteiger partial charge in [0.25, 0.3) is 0 Å². The SMILES string of the molecule is COC(=O)[C@]1(N)CC(C)Oc2ccc(F)cc21. The van der Waals surface area contributed by atoms with E-state index in [0.717, 1.165) is 0 Å². The lowest BCUT2D eigenvalue weighted by Gasteiger charge is -2.36. The molecule has 92 valence electrons. The predicted molar refractivity (Wildman–Crippen MR) is 59.0 cm³/mol. The molecular formula is C12H14FNO3. The summed E-state index contributed by atoms with van der Waals surface area (Å²) < 4.78 is 23.5. The van der Waals surface area contributed by atoms with Gasteiger partial charge in [0.05, 0.1) is 13.2 Å². The van der Waals surface area contributed by atoms with E-state index < -0.39 is 17.3 Å². The van der Waals surface area contributed by atoms with Gasteiger partial charge in [0, 0.05) is 12.0 Å². The van der Waals surface area contributed by atoms with Crippen molar-refractivity contribution in [2.45, 2.75) is 25.0 Å². The number of hydrogen-bond donors (Lipinski definition) is 1. The number of rotatable bonds is 1. The smallest absolute Gasteiger partial charge is 0.330 e. The van der Waals surface area contributed by atoms with Gasteiger partial charge >= 0.3 is 5.97 Å². The molecule has 0 amide bonds. The van der Waals surface area contributed by atoms with E-state index in [1.165, 1.54) is 25.3 Å². The lowest BCUT2D eigenvalue weighted by molar-refractivity contribution is -0.149. The van der Waals surface area contributed by atoms with Crippen LogP contribution in [-0.2, 0) is 15.1 Å². The number of fused-ring (bicyclic) bond motifs is 1. The lowest BCUT2D eigenvalue weighted by atomic mass is 9.83. The van der Waals surface area contributed by atoms with Crippen molar-refractivity contribution in [2.75, 3.05) is 7.11 Å². The van der Waals surface area contributed by atoms with Gasteiger partial charge in [-0.3, -0.25) is 0 Å². The third kappa shape index (κ3) is 1.86. The molecule has 2 atom stereocenters. The minimum Gasteiger partial charge on any atom is -0.490 e. The van der Waals surface area contributed by atoms with Gasteiger partial charge in [0.15, 0.2) is 0 Å². The summed E-state index contributed by atoms with van der Waals surface area (Å²) in [5.74, 6) is -0.613. The van der Waals surface area contributed by atoms with E-state index in [1.807, 2.05) is 0 Å². The molecule has 17 heavy (non-hydrogen) atoms. The maximum Gasteiger partial charge on any atom is 0.330 e. The minimum absolute atomic E-state index is 0.225. The van der Waals surface area contributed by atoms with E-state index in [1.54, 1.807) is 6.92 Å². The molecule has 0 spiro atoms. The molecule has 1 aliphatic rings. The molecule has 1 aliphatic heterocycles. The molecule has 2 N–H and O–H groups in total. The molecular weight excluding hydrogens is 225 g/mol. The number of halogens is 1. The van der Waals surface area contributed by atoms with Gasteiger partial charge in [0.1, 0.15) is 17.1 Å². The van der Waals surface area contributed by atoms with Gasteiger partial charge in [-0.2, -0.15) is 0 Å². The maximum absolute atomic E-state index is 13.2. The molecule has 1 aromatic rings. The number of ether oxygens (including phenoxy) is 2. The number of benzene rings is 1. The molecule has 0 aromatic heterocycles. The fraction of sp³-hybridized carbons (Fsp3) is 0.417. The number of carbonyl (C=O) groups is 1. The Hall–Kier alpha value is -1.62. The summed E-state index contributed by atoms with van der Waals surface area (Å²) in [6, 6.07) is 3.97. The highest BCUT2D eigenvalue weighted by molar-refractivity contribution is 5.83. The Bertz CT molecular complexity index is 463. The molecule has 0 bridgehead atoms. The Labute approximate surface area is 98.5 Å². The van der Waals surface area contributed by atoms with E-state index in [-0.39, 0.29) is 12.5 Å². The van der Waals surface area contributed by atoms with E-state index in [9.17, 15) is 9.18 Å². The molecule has 1 unspecified atom stereocenters. The number of methoxy groups -OCH3 is 1. The fourth-order valence-electron chi connectivity index (χ4n) is 2.15. The third-order valence-corrected chi connectivity index (χ3v) is 2.91. The molecule has 1 heterocycles. The molecule has 4 nitrogen and oxygen atoms in total. The van der Waals surface area contributed by atoms with Gasteiger partial charge in [-0.1, -0.05) is 0 Å². The summed E-state index contributed by atoms with van der Waals surface area (Å²) in [5, 5.41) is 0. The average molecular weight is 239 g/mol. The van der Waals surface area contributed by atoms with Crippen molar-refractivity contribution >= 4 is 5.97 Å². The Morgan fingerprint density at radius 1 is 1.65 bits per heavy atom. The Balaban J connectivity index is 2.56. The second kappa shape index (κ2) is 4.00. The summed E-state index contributed by atoms with van der Waals surface area (Å²) in [4.78, 5) is 11.8. The average Bonchev–Trinajstić information content (AvgIpc) is 2.29. The van der Waals surface area contributed by atoms with Crippen molar-refractivity contribution in [2.24, 2.45) is 5.73 Å². The lowest BCUT2D eigenvalue weighted by Crippen LogP contribution is -2.51. The predicted octanol–water partition coefficient (Wildman–Crippen LogP) is 1.32. The van der Waals surface area contributed by atoms with Gasteiger partial charge in [-0.25, -0.2) is 9.18 Å². The van der Waals surface area contributed by atoms with Crippen LogP contribution in [0.3, 0.4) is 0 Å². The zero-order valence-electron chi connectivity index (χ0n) is 9.70. The Morgan fingerprint density at radius 2 is 2.35 bits per heavy atom. The van der Waals surface area contributed by atoms with Crippen molar-refractivity contribution in [3.63, 3.8) is 0 Å². The van der Waals surface area contributed by atoms with E-state index in [2.05, 4.69) is 0 Å². The van der Waals surface area contributed by atoms with Crippen LogP contribution in [0.15, 0.2) is 18.2 Å². The number of esters is 1. The molecule has 5 heteroatoms. The van der Waals surface area contributed by atoms with Crippen molar-refractivity contribution < 1.29 is 18.7 Å². The molecule has 0 saturated heterocycles. The van der Waals surface area contributed by atoms with Crippen LogP contribution in [0.1, 0.15) is 18.9 Å². The van der Waals surface area contributed by atoms with Crippen molar-refractivity contribution in [3.05, 3.63) is 29.6 Å². The molecule has 0 saturated carbocycles. The summed E-state index contributed by atoms with van der Waals surface area (Å²) in [7, 11) is 1.26. The summed E-state index contributed by atoms with van der Waals surface area (Å²) >= 11 is 0. The van der Waals surface area contributed by atoms with Crippen LogP contribution < -0.4 is 10.5 Å². The first-order chi connectivity index (χ1) is 7.97. The largest absolute Gasteiger partial charge is 0.490 e. The number of carbonyl (C=O) groups excluding carboxylic acids is 1. The highest BCUT2D eigenvalue weighted by Crippen LogP contribution is 2.38. The number of hydrogen-bond acceptors (Lipinski definition) is 4. The first kappa shape index (κ1) is 11.9. The zero-order valence-corrected chi connectivity index (χ0v) is 9.70. The van der Waals surface area contributed by atoms with Crippen LogP contribution >= 0.6 is 0 Å². The Kier molecular flexibility index (Phi) is 2.79. The molecule has 0 fully saturated rings. The monoisotopic (exact) mass is 239 g/mol. The third-order valence-electron chi connectivity index (χ3n) is 2.91. The van der Waals surface area contributed by atoms with Crippen LogP contribution in [0.2, 0.25) is 0 Å². The zero-order chi connectivity index (χ0) is 12.6. The Morgan fingerprint density at radius 3 is 3.00 bits per heavy atom. The molecule has 1 aromatic carbocycles. The van der Waals surface area contributed by atoms with Crippen LogP contribution in [0.5, 0.6) is 5.75 Å². The first-order valence-corrected chi connectivity index (χ1v) is 5.31. The second-order valence-electron chi connectivity index (χ2n) is 4.24. The van der Waals surface area contributed by atoms with Gasteiger partial charge < -0.3 is 15.2 Å². The van der Waals surface area contributed by atoms with Crippen LogP contribution in [0, 0.1) is 5.82 Å². The topological polar surface area (TPSA) is 61.5 Å². The van der Waals surface area contributed by atoms with E-state index in [0.29, 0.717) is 11.3 Å². The second-order valence-corrected chi connectivity index (χ2v) is 4.24.